The van der Waals surface area contributed by atoms with Gasteiger partial charge in [0.1, 0.15) is 5.52 Å². The number of nitrogens with zero attached hydrogens (tertiary/aromatic N) is 2. The van der Waals surface area contributed by atoms with Crippen LogP contribution in [0.2, 0.25) is 0 Å². The van der Waals surface area contributed by atoms with Crippen LogP contribution in [0.5, 0.6) is 0 Å². The standard InChI is InChI=1S/C20H15BrN2O2S/c1-14-10-12-16(13-11-14)26(24,25)23-18-9-5-8-17(21)19(18)22-20(23)15-6-3-2-4-7-15/h2-13H,1H3. The van der Waals surface area contributed by atoms with Crippen molar-refractivity contribution in [3.63, 3.8) is 0 Å². The number of aryl methyl sites for hydroxylation is 1. The van der Waals surface area contributed by atoms with Crippen molar-refractivity contribution in [2.75, 3.05) is 0 Å². The first kappa shape index (κ1) is 17.0. The second kappa shape index (κ2) is 6.37. The first-order valence-electron chi connectivity index (χ1n) is 8.03. The van der Waals surface area contributed by atoms with Crippen LogP contribution in [0.4, 0.5) is 0 Å². The van der Waals surface area contributed by atoms with Gasteiger partial charge < -0.3 is 0 Å². The zero-order valence-electron chi connectivity index (χ0n) is 13.9. The van der Waals surface area contributed by atoms with Crippen molar-refractivity contribution >= 4 is 37.0 Å². The Labute approximate surface area is 160 Å². The zero-order valence-corrected chi connectivity index (χ0v) is 16.3. The second-order valence-electron chi connectivity index (χ2n) is 5.99. The molecule has 0 aliphatic carbocycles. The van der Waals surface area contributed by atoms with Crippen molar-refractivity contribution in [1.29, 1.82) is 0 Å². The van der Waals surface area contributed by atoms with E-state index in [9.17, 15) is 8.42 Å². The van der Waals surface area contributed by atoms with Gasteiger partial charge >= 0.3 is 0 Å². The van der Waals surface area contributed by atoms with E-state index in [2.05, 4.69) is 20.9 Å². The Morgan fingerprint density at radius 3 is 2.27 bits per heavy atom. The van der Waals surface area contributed by atoms with Crippen LogP contribution < -0.4 is 0 Å². The molecule has 4 nitrogen and oxygen atoms in total. The molecule has 0 N–H and O–H groups in total. The van der Waals surface area contributed by atoms with Gasteiger partial charge in [0.25, 0.3) is 10.0 Å². The molecule has 3 aromatic carbocycles. The molecule has 0 amide bonds. The molecule has 6 heteroatoms. The van der Waals surface area contributed by atoms with Crippen LogP contribution >= 0.6 is 15.9 Å². The second-order valence-corrected chi connectivity index (χ2v) is 8.63. The van der Waals surface area contributed by atoms with Gasteiger partial charge in [0, 0.05) is 10.0 Å². The average Bonchev–Trinajstić information content (AvgIpc) is 3.05. The highest BCUT2D eigenvalue weighted by molar-refractivity contribution is 9.10. The van der Waals surface area contributed by atoms with Crippen LogP contribution in [0.15, 0.2) is 82.2 Å². The summed E-state index contributed by atoms with van der Waals surface area (Å²) in [5.41, 5.74) is 2.90. The van der Waals surface area contributed by atoms with E-state index in [1.54, 1.807) is 30.3 Å². The molecule has 0 saturated heterocycles. The van der Waals surface area contributed by atoms with Crippen molar-refractivity contribution in [2.24, 2.45) is 0 Å². The van der Waals surface area contributed by atoms with E-state index in [1.807, 2.05) is 49.4 Å². The van der Waals surface area contributed by atoms with E-state index < -0.39 is 10.0 Å². The SMILES string of the molecule is Cc1ccc(S(=O)(=O)n2c(-c3ccccc3)nc3c(Br)cccc32)cc1. The number of hydrogen-bond donors (Lipinski definition) is 0. The maximum Gasteiger partial charge on any atom is 0.269 e. The number of hydrogen-bond acceptors (Lipinski definition) is 3. The monoisotopic (exact) mass is 426 g/mol. The topological polar surface area (TPSA) is 52.0 Å². The number of para-hydroxylation sites is 1. The molecule has 0 saturated carbocycles. The summed E-state index contributed by atoms with van der Waals surface area (Å²) in [5.74, 6) is 0.396. The molecule has 1 heterocycles. The van der Waals surface area contributed by atoms with Gasteiger partial charge in [-0.25, -0.2) is 17.4 Å². The smallest absolute Gasteiger partial charge is 0.226 e. The molecule has 0 fully saturated rings. The molecule has 1 aromatic heterocycles. The third-order valence-electron chi connectivity index (χ3n) is 4.19. The predicted octanol–water partition coefficient (Wildman–Crippen LogP) is 5.01. The molecule has 0 unspecified atom stereocenters. The zero-order chi connectivity index (χ0) is 18.3. The molecule has 0 atom stereocenters. The van der Waals surface area contributed by atoms with Gasteiger partial charge in [-0.3, -0.25) is 0 Å². The molecule has 4 rings (SSSR count). The molecule has 4 aromatic rings. The first-order valence-corrected chi connectivity index (χ1v) is 10.3. The van der Waals surface area contributed by atoms with E-state index >= 15 is 0 Å². The molecule has 26 heavy (non-hydrogen) atoms. The van der Waals surface area contributed by atoms with E-state index in [4.69, 9.17) is 0 Å². The third kappa shape index (κ3) is 2.75. The number of aromatic nitrogens is 2. The quantitative estimate of drug-likeness (QED) is 0.462. The number of imidazole rings is 1. The summed E-state index contributed by atoms with van der Waals surface area (Å²) in [7, 11) is -3.80. The minimum Gasteiger partial charge on any atom is -0.226 e. The van der Waals surface area contributed by atoms with Gasteiger partial charge in [0.2, 0.25) is 0 Å². The Kier molecular flexibility index (Phi) is 4.17. The molecular weight excluding hydrogens is 412 g/mol. The number of halogens is 1. The van der Waals surface area contributed by atoms with E-state index in [-0.39, 0.29) is 4.90 Å². The summed E-state index contributed by atoms with van der Waals surface area (Å²) in [5, 5.41) is 0. The Morgan fingerprint density at radius 1 is 0.885 bits per heavy atom. The van der Waals surface area contributed by atoms with Crippen LogP contribution in [0, 0.1) is 6.92 Å². The van der Waals surface area contributed by atoms with Gasteiger partial charge in [-0.1, -0.05) is 54.1 Å². The molecule has 0 radical (unpaired) electrons. The molecule has 0 aliphatic heterocycles. The number of rotatable bonds is 3. The summed E-state index contributed by atoms with van der Waals surface area (Å²) < 4.78 is 28.9. The van der Waals surface area contributed by atoms with Crippen LogP contribution in [0.3, 0.4) is 0 Å². The van der Waals surface area contributed by atoms with Gasteiger partial charge in [0.15, 0.2) is 5.82 Å². The lowest BCUT2D eigenvalue weighted by Gasteiger charge is -2.11. The van der Waals surface area contributed by atoms with Crippen molar-refractivity contribution in [3.8, 4) is 11.4 Å². The fourth-order valence-electron chi connectivity index (χ4n) is 2.87. The van der Waals surface area contributed by atoms with Gasteiger partial charge in [-0.05, 0) is 47.1 Å². The molecular formula is C20H15BrN2O2S. The molecule has 130 valence electrons. The fraction of sp³-hybridized carbons (Fsp3) is 0.0500. The van der Waals surface area contributed by atoms with Crippen LogP contribution in [0.25, 0.3) is 22.4 Å². The maximum atomic E-state index is 13.4. The van der Waals surface area contributed by atoms with Crippen LogP contribution in [-0.2, 0) is 10.0 Å². The highest BCUT2D eigenvalue weighted by Crippen LogP contribution is 2.32. The van der Waals surface area contributed by atoms with E-state index in [0.717, 1.165) is 15.6 Å². The summed E-state index contributed by atoms with van der Waals surface area (Å²) in [6.07, 6.45) is 0. The van der Waals surface area contributed by atoms with E-state index in [1.165, 1.54) is 3.97 Å². The largest absolute Gasteiger partial charge is 0.269 e. The fourth-order valence-corrected chi connectivity index (χ4v) is 4.79. The van der Waals surface area contributed by atoms with Crippen LogP contribution in [0.1, 0.15) is 5.56 Å². The summed E-state index contributed by atoms with van der Waals surface area (Å²) >= 11 is 3.48. The first-order chi connectivity index (χ1) is 12.5. The number of benzene rings is 3. The Hall–Kier alpha value is -2.44. The Morgan fingerprint density at radius 2 is 1.58 bits per heavy atom. The van der Waals surface area contributed by atoms with E-state index in [0.29, 0.717) is 16.9 Å². The van der Waals surface area contributed by atoms with Crippen molar-refractivity contribution < 1.29 is 8.42 Å². The molecule has 0 spiro atoms. The van der Waals surface area contributed by atoms with Crippen molar-refractivity contribution in [1.82, 2.24) is 8.96 Å². The molecule has 0 bridgehead atoms. The highest BCUT2D eigenvalue weighted by atomic mass is 79.9. The van der Waals surface area contributed by atoms with Gasteiger partial charge in [-0.15, -0.1) is 0 Å². The predicted molar refractivity (Wildman–Crippen MR) is 107 cm³/mol. The lowest BCUT2D eigenvalue weighted by atomic mass is 10.2. The minimum absolute atomic E-state index is 0.236. The summed E-state index contributed by atoms with van der Waals surface area (Å²) in [4.78, 5) is 4.86. The third-order valence-corrected chi connectivity index (χ3v) is 6.54. The van der Waals surface area contributed by atoms with Crippen LogP contribution in [-0.4, -0.2) is 17.4 Å². The minimum atomic E-state index is -3.80. The molecule has 0 aliphatic rings. The van der Waals surface area contributed by atoms with Gasteiger partial charge in [-0.2, -0.15) is 0 Å². The number of fused-ring (bicyclic) bond motifs is 1. The lowest BCUT2D eigenvalue weighted by molar-refractivity contribution is 0.589. The highest BCUT2D eigenvalue weighted by Gasteiger charge is 2.25. The Bertz CT molecular complexity index is 1200. The average molecular weight is 427 g/mol. The van der Waals surface area contributed by atoms with Crippen molar-refractivity contribution in [3.05, 3.63) is 82.8 Å². The summed E-state index contributed by atoms with van der Waals surface area (Å²) in [6.45, 7) is 1.93. The normalized spacial score (nSPS) is 11.8. The lowest BCUT2D eigenvalue weighted by Crippen LogP contribution is -2.14. The summed E-state index contributed by atoms with van der Waals surface area (Å²) in [6, 6.07) is 21.6. The van der Waals surface area contributed by atoms with Gasteiger partial charge in [0.05, 0.1) is 10.4 Å². The van der Waals surface area contributed by atoms with Crippen molar-refractivity contribution in [2.45, 2.75) is 11.8 Å². The maximum absolute atomic E-state index is 13.4. The Balaban J connectivity index is 2.08.